The van der Waals surface area contributed by atoms with Crippen LogP contribution in [-0.4, -0.2) is 49.8 Å². The van der Waals surface area contributed by atoms with E-state index >= 15 is 0 Å². The van der Waals surface area contributed by atoms with Crippen molar-refractivity contribution in [2.75, 3.05) is 13.2 Å². The predicted octanol–water partition coefficient (Wildman–Crippen LogP) is 11.0. The van der Waals surface area contributed by atoms with Gasteiger partial charge >= 0.3 is 5.97 Å². The quantitative estimate of drug-likeness (QED) is 0.0462. The first-order chi connectivity index (χ1) is 27.6. The summed E-state index contributed by atoms with van der Waals surface area (Å²) in [5.74, 6) is -0.0252. The van der Waals surface area contributed by atoms with Crippen LogP contribution < -0.4 is 0 Å². The molecule has 7 nitrogen and oxygen atoms in total. The second-order valence-electron chi connectivity index (χ2n) is 15.9. The van der Waals surface area contributed by atoms with Gasteiger partial charge in [0.1, 0.15) is 11.4 Å². The molecule has 0 N–H and O–H groups in total. The van der Waals surface area contributed by atoms with Gasteiger partial charge in [-0.2, -0.15) is 0 Å². The van der Waals surface area contributed by atoms with Crippen molar-refractivity contribution in [1.82, 2.24) is 0 Å². The minimum absolute atomic E-state index is 0.0472. The van der Waals surface area contributed by atoms with Gasteiger partial charge in [-0.15, -0.1) is 0 Å². The third-order valence-electron chi connectivity index (χ3n) is 11.9. The summed E-state index contributed by atoms with van der Waals surface area (Å²) < 4.78 is 31.3. The number of hydrogen-bond donors (Lipinski definition) is 0. The molecule has 0 bridgehead atoms. The molecule has 56 heavy (non-hydrogen) atoms. The fourth-order valence-electron chi connectivity index (χ4n) is 8.94. The standard InChI is InChI=1S/C49H64O7/c1-2-3-9-28-41(56-49(38-22-10-6-11-23-38,39-24-12-7-13-25-39)40-26-14-8-15-27-40)33-34-43-42(44(50)37-45(43)54-47-31-18-20-35-52-47)29-16-4-5-17-30-46(51)55-48-32-19-21-36-53-48/h6-8,10-15,17,22-27,30,41-43,45,47-48H,2-5,9,16,18-21,28-29,31-37H2,1H3/t41?,42-,43-,45?,47?,48?/m1/s1. The molecule has 6 atom stereocenters. The molecule has 3 aromatic rings. The summed E-state index contributed by atoms with van der Waals surface area (Å²) in [6.45, 7) is 3.60. The average molecular weight is 765 g/mol. The molecule has 7 heteroatoms. The molecule has 0 amide bonds. The highest BCUT2D eigenvalue weighted by Gasteiger charge is 2.45. The maximum Gasteiger partial charge on any atom is 0.332 e. The largest absolute Gasteiger partial charge is 0.433 e. The topological polar surface area (TPSA) is 80.3 Å². The molecule has 3 aromatic carbocycles. The molecule has 6 rings (SSSR count). The Balaban J connectivity index is 1.19. The van der Waals surface area contributed by atoms with Crippen LogP contribution in [0, 0.1) is 11.8 Å². The molecule has 2 saturated heterocycles. The fourth-order valence-corrected chi connectivity index (χ4v) is 8.94. The van der Waals surface area contributed by atoms with Crippen molar-refractivity contribution in [3.63, 3.8) is 0 Å². The Morgan fingerprint density at radius 3 is 1.93 bits per heavy atom. The van der Waals surface area contributed by atoms with Crippen molar-refractivity contribution in [3.05, 3.63) is 120 Å². The van der Waals surface area contributed by atoms with Gasteiger partial charge in [0.2, 0.25) is 6.29 Å². The number of hydrogen-bond acceptors (Lipinski definition) is 7. The van der Waals surface area contributed by atoms with Crippen LogP contribution in [-0.2, 0) is 38.9 Å². The van der Waals surface area contributed by atoms with E-state index in [-0.39, 0.29) is 36.3 Å². The molecule has 1 saturated carbocycles. The van der Waals surface area contributed by atoms with Crippen LogP contribution in [0.2, 0.25) is 0 Å². The second kappa shape index (κ2) is 22.4. The Labute approximate surface area is 335 Å². The maximum atomic E-state index is 13.8. The molecule has 4 unspecified atom stereocenters. The van der Waals surface area contributed by atoms with E-state index in [1.807, 2.05) is 6.08 Å². The van der Waals surface area contributed by atoms with Gasteiger partial charge in [0.25, 0.3) is 0 Å². The summed E-state index contributed by atoms with van der Waals surface area (Å²) in [6, 6.07) is 31.9. The van der Waals surface area contributed by atoms with E-state index in [1.54, 1.807) is 0 Å². The zero-order chi connectivity index (χ0) is 38.8. The molecule has 1 aliphatic carbocycles. The van der Waals surface area contributed by atoms with Crippen LogP contribution in [0.3, 0.4) is 0 Å². The highest BCUT2D eigenvalue weighted by molar-refractivity contribution is 5.84. The van der Waals surface area contributed by atoms with Gasteiger partial charge in [0.05, 0.1) is 18.8 Å². The smallest absolute Gasteiger partial charge is 0.332 e. The van der Waals surface area contributed by atoms with Crippen molar-refractivity contribution in [1.29, 1.82) is 0 Å². The molecule has 0 aromatic heterocycles. The molecule has 0 radical (unpaired) electrons. The van der Waals surface area contributed by atoms with Crippen LogP contribution in [0.5, 0.6) is 0 Å². The van der Waals surface area contributed by atoms with Gasteiger partial charge in [-0.05, 0) is 93.2 Å². The first-order valence-corrected chi connectivity index (χ1v) is 21.7. The van der Waals surface area contributed by atoms with Crippen molar-refractivity contribution in [2.45, 2.75) is 146 Å². The van der Waals surface area contributed by atoms with E-state index in [0.717, 1.165) is 119 Å². The molecule has 3 fully saturated rings. The Morgan fingerprint density at radius 2 is 1.36 bits per heavy atom. The summed E-state index contributed by atoms with van der Waals surface area (Å²) in [5, 5.41) is 0. The number of carbonyl (C=O) groups excluding carboxylic acids is 2. The minimum atomic E-state index is -0.805. The zero-order valence-corrected chi connectivity index (χ0v) is 33.6. The number of allylic oxidation sites excluding steroid dienone is 1. The van der Waals surface area contributed by atoms with Crippen molar-refractivity contribution < 1.29 is 33.3 Å². The molecule has 2 heterocycles. The summed E-state index contributed by atoms with van der Waals surface area (Å²) in [6.07, 6.45) is 18.1. The van der Waals surface area contributed by atoms with Crippen LogP contribution in [0.4, 0.5) is 0 Å². The normalized spacial score (nSPS) is 23.7. The number of rotatable bonds is 21. The molecule has 0 spiro atoms. The summed E-state index contributed by atoms with van der Waals surface area (Å²) in [7, 11) is 0. The second-order valence-corrected chi connectivity index (χ2v) is 15.9. The first kappa shape index (κ1) is 42.0. The van der Waals surface area contributed by atoms with Gasteiger partial charge in [-0.3, -0.25) is 4.79 Å². The number of benzene rings is 3. The van der Waals surface area contributed by atoms with E-state index in [0.29, 0.717) is 25.4 Å². The van der Waals surface area contributed by atoms with E-state index in [9.17, 15) is 9.59 Å². The van der Waals surface area contributed by atoms with Crippen LogP contribution in [0.15, 0.2) is 103 Å². The lowest BCUT2D eigenvalue weighted by molar-refractivity contribution is -0.196. The summed E-state index contributed by atoms with van der Waals surface area (Å²) in [4.78, 5) is 26.1. The number of esters is 1. The molecular weight excluding hydrogens is 701 g/mol. The number of ketones is 1. The molecule has 2 aliphatic heterocycles. The van der Waals surface area contributed by atoms with Crippen LogP contribution >= 0.6 is 0 Å². The first-order valence-electron chi connectivity index (χ1n) is 21.7. The zero-order valence-electron chi connectivity index (χ0n) is 33.6. The van der Waals surface area contributed by atoms with Gasteiger partial charge < -0.3 is 23.7 Å². The predicted molar refractivity (Wildman–Crippen MR) is 220 cm³/mol. The Kier molecular flexibility index (Phi) is 16.8. The Bertz CT molecular complexity index is 1500. The van der Waals surface area contributed by atoms with E-state index in [1.165, 1.54) is 6.08 Å². The van der Waals surface area contributed by atoms with Crippen molar-refractivity contribution in [3.8, 4) is 0 Å². The highest BCUT2D eigenvalue weighted by Crippen LogP contribution is 2.44. The number of carbonyl (C=O) groups is 2. The van der Waals surface area contributed by atoms with E-state index < -0.39 is 11.9 Å². The number of ether oxygens (including phenoxy) is 5. The average Bonchev–Trinajstić information content (AvgIpc) is 3.54. The Hall–Kier alpha value is -3.62. The molecule has 302 valence electrons. The Morgan fingerprint density at radius 1 is 0.750 bits per heavy atom. The van der Waals surface area contributed by atoms with Gasteiger partial charge in [-0.1, -0.05) is 130 Å². The van der Waals surface area contributed by atoms with Gasteiger partial charge in [0, 0.05) is 31.4 Å². The highest BCUT2D eigenvalue weighted by atomic mass is 16.7. The lowest BCUT2D eigenvalue weighted by Gasteiger charge is -2.40. The summed E-state index contributed by atoms with van der Waals surface area (Å²) >= 11 is 0. The van der Waals surface area contributed by atoms with Crippen LogP contribution in [0.1, 0.15) is 133 Å². The van der Waals surface area contributed by atoms with Crippen molar-refractivity contribution >= 4 is 11.8 Å². The van der Waals surface area contributed by atoms with Gasteiger partial charge in [0.15, 0.2) is 6.29 Å². The lowest BCUT2D eigenvalue weighted by atomic mass is 9.79. The van der Waals surface area contributed by atoms with Gasteiger partial charge in [-0.25, -0.2) is 4.79 Å². The maximum absolute atomic E-state index is 13.8. The third-order valence-corrected chi connectivity index (χ3v) is 11.9. The number of unbranched alkanes of at least 4 members (excludes halogenated alkanes) is 4. The van der Waals surface area contributed by atoms with Crippen molar-refractivity contribution in [2.24, 2.45) is 11.8 Å². The lowest BCUT2D eigenvalue weighted by Crippen LogP contribution is -2.38. The van der Waals surface area contributed by atoms with Crippen LogP contribution in [0.25, 0.3) is 0 Å². The molecular formula is C49H64O7. The minimum Gasteiger partial charge on any atom is -0.433 e. The monoisotopic (exact) mass is 764 g/mol. The fraction of sp³-hybridized carbons (Fsp3) is 0.551. The summed E-state index contributed by atoms with van der Waals surface area (Å²) in [5.41, 5.74) is 2.51. The SMILES string of the molecule is CCCCCC(CC[C@H]1C(OC2CCCCO2)CC(=O)[C@@H]1CCCCC=CC(=O)OC1CCCCO1)OC(c1ccccc1)(c1ccccc1)c1ccccc1. The van der Waals surface area contributed by atoms with E-state index in [4.69, 9.17) is 23.7 Å². The van der Waals surface area contributed by atoms with E-state index in [2.05, 4.69) is 97.9 Å². The number of Topliss-reactive ketones (excluding diaryl/α,β-unsaturated/α-hetero) is 1. The third kappa shape index (κ3) is 11.7. The molecule has 3 aliphatic rings.